The summed E-state index contributed by atoms with van der Waals surface area (Å²) in [6, 6.07) is 5.42. The van der Waals surface area contributed by atoms with Gasteiger partial charge in [0.25, 0.3) is 0 Å². The first-order valence-corrected chi connectivity index (χ1v) is 6.11. The van der Waals surface area contributed by atoms with Crippen LogP contribution in [-0.4, -0.2) is 17.2 Å². The Bertz CT molecular complexity index is 485. The third kappa shape index (κ3) is 2.68. The molecule has 0 radical (unpaired) electrons. The van der Waals surface area contributed by atoms with Gasteiger partial charge >= 0.3 is 0 Å². The van der Waals surface area contributed by atoms with Gasteiger partial charge in [0.2, 0.25) is 0 Å². The van der Waals surface area contributed by atoms with E-state index in [1.807, 2.05) is 24.4 Å². The second-order valence-electron chi connectivity index (χ2n) is 3.63. The third-order valence-corrected chi connectivity index (χ3v) is 3.18. The van der Waals surface area contributed by atoms with Crippen molar-refractivity contribution in [1.29, 1.82) is 0 Å². The summed E-state index contributed by atoms with van der Waals surface area (Å²) >= 11 is 1.56. The molecule has 0 saturated carbocycles. The van der Waals surface area contributed by atoms with E-state index in [2.05, 4.69) is 10.3 Å². The molecule has 0 amide bonds. The Morgan fingerprint density at radius 2 is 2.29 bits per heavy atom. The van der Waals surface area contributed by atoms with Crippen LogP contribution < -0.4 is 10.1 Å². The fraction of sp³-hybridized carbons (Fsp3) is 0.250. The molecule has 1 aromatic heterocycles. The number of phenolic OH excluding ortho intramolecular Hbond substituents is 1. The maximum Gasteiger partial charge on any atom is 0.183 e. The molecule has 17 heavy (non-hydrogen) atoms. The van der Waals surface area contributed by atoms with Crippen molar-refractivity contribution in [2.45, 2.75) is 13.0 Å². The first kappa shape index (κ1) is 11.7. The van der Waals surface area contributed by atoms with Crippen LogP contribution in [0.5, 0.6) is 11.5 Å². The molecule has 1 atom stereocenters. The average molecular weight is 250 g/mol. The lowest BCUT2D eigenvalue weighted by molar-refractivity contribution is 0.373. The van der Waals surface area contributed by atoms with Crippen LogP contribution in [0.4, 0.5) is 5.13 Å². The first-order valence-electron chi connectivity index (χ1n) is 5.23. The number of methoxy groups -OCH3 is 1. The Hall–Kier alpha value is -1.75. The number of ether oxygens (including phenoxy) is 1. The van der Waals surface area contributed by atoms with Crippen LogP contribution in [0.25, 0.3) is 0 Å². The lowest BCUT2D eigenvalue weighted by Crippen LogP contribution is -2.06. The van der Waals surface area contributed by atoms with Crippen molar-refractivity contribution in [1.82, 2.24) is 4.98 Å². The summed E-state index contributed by atoms with van der Waals surface area (Å²) in [4.78, 5) is 4.17. The molecule has 2 aromatic rings. The fourth-order valence-corrected chi connectivity index (χ4v) is 2.14. The number of anilines is 1. The second-order valence-corrected chi connectivity index (χ2v) is 4.53. The van der Waals surface area contributed by atoms with E-state index in [-0.39, 0.29) is 11.8 Å². The number of benzene rings is 1. The van der Waals surface area contributed by atoms with Gasteiger partial charge in [-0.2, -0.15) is 0 Å². The molecule has 1 unspecified atom stereocenters. The zero-order valence-electron chi connectivity index (χ0n) is 9.68. The molecular formula is C12H14N2O2S. The van der Waals surface area contributed by atoms with Gasteiger partial charge in [0.15, 0.2) is 16.6 Å². The van der Waals surface area contributed by atoms with E-state index in [1.54, 1.807) is 23.6 Å². The Morgan fingerprint density at radius 3 is 2.94 bits per heavy atom. The maximum absolute atomic E-state index is 9.52. The van der Waals surface area contributed by atoms with Gasteiger partial charge in [0, 0.05) is 11.6 Å². The number of aromatic hydroxyl groups is 1. The Labute approximate surface area is 104 Å². The molecule has 2 rings (SSSR count). The Kier molecular flexibility index (Phi) is 3.49. The SMILES string of the molecule is COc1cc(C(C)Nc2nccs2)ccc1O. The van der Waals surface area contributed by atoms with Crippen LogP contribution in [0, 0.1) is 0 Å². The monoisotopic (exact) mass is 250 g/mol. The number of thiazole rings is 1. The standard InChI is InChI=1S/C12H14N2O2S/c1-8(14-12-13-5-6-17-12)9-3-4-10(15)11(7-9)16-2/h3-8,15H,1-2H3,(H,13,14). The zero-order chi connectivity index (χ0) is 12.3. The zero-order valence-corrected chi connectivity index (χ0v) is 10.5. The number of rotatable bonds is 4. The van der Waals surface area contributed by atoms with Crippen LogP contribution in [0.3, 0.4) is 0 Å². The molecule has 0 bridgehead atoms. The van der Waals surface area contributed by atoms with Crippen molar-refractivity contribution in [2.24, 2.45) is 0 Å². The van der Waals surface area contributed by atoms with Crippen molar-refractivity contribution in [3.8, 4) is 11.5 Å². The fourth-order valence-electron chi connectivity index (χ4n) is 1.53. The van der Waals surface area contributed by atoms with Gasteiger partial charge in [-0.3, -0.25) is 0 Å². The Balaban J connectivity index is 2.16. The molecule has 0 saturated heterocycles. The summed E-state index contributed by atoms with van der Waals surface area (Å²) in [5.41, 5.74) is 1.04. The van der Waals surface area contributed by atoms with E-state index in [9.17, 15) is 5.11 Å². The van der Waals surface area contributed by atoms with Gasteiger partial charge in [0.05, 0.1) is 13.2 Å². The van der Waals surface area contributed by atoms with Crippen LogP contribution in [0.15, 0.2) is 29.8 Å². The van der Waals surface area contributed by atoms with Crippen LogP contribution in [0.1, 0.15) is 18.5 Å². The van der Waals surface area contributed by atoms with E-state index < -0.39 is 0 Å². The van der Waals surface area contributed by atoms with Gasteiger partial charge in [-0.25, -0.2) is 4.98 Å². The highest BCUT2D eigenvalue weighted by Gasteiger charge is 2.09. The Morgan fingerprint density at radius 1 is 1.47 bits per heavy atom. The van der Waals surface area contributed by atoms with E-state index in [1.165, 1.54) is 7.11 Å². The first-order chi connectivity index (χ1) is 8.20. The van der Waals surface area contributed by atoms with Gasteiger partial charge in [-0.05, 0) is 24.6 Å². The van der Waals surface area contributed by atoms with Gasteiger partial charge < -0.3 is 15.2 Å². The summed E-state index contributed by atoms with van der Waals surface area (Å²) in [5.74, 6) is 0.632. The highest BCUT2D eigenvalue weighted by atomic mass is 32.1. The largest absolute Gasteiger partial charge is 0.504 e. The van der Waals surface area contributed by atoms with Crippen LogP contribution in [0.2, 0.25) is 0 Å². The summed E-state index contributed by atoms with van der Waals surface area (Å²) in [7, 11) is 1.54. The molecule has 1 aromatic carbocycles. The molecule has 0 aliphatic rings. The maximum atomic E-state index is 9.52. The number of hydrogen-bond acceptors (Lipinski definition) is 5. The molecule has 2 N–H and O–H groups in total. The quantitative estimate of drug-likeness (QED) is 0.875. The smallest absolute Gasteiger partial charge is 0.183 e. The molecule has 0 fully saturated rings. The number of phenols is 1. The molecule has 4 nitrogen and oxygen atoms in total. The highest BCUT2D eigenvalue weighted by molar-refractivity contribution is 7.13. The van der Waals surface area contributed by atoms with Crippen molar-refractivity contribution >= 4 is 16.5 Å². The van der Waals surface area contributed by atoms with Crippen molar-refractivity contribution in [2.75, 3.05) is 12.4 Å². The lowest BCUT2D eigenvalue weighted by atomic mass is 10.1. The van der Waals surface area contributed by atoms with Crippen LogP contribution >= 0.6 is 11.3 Å². The molecular weight excluding hydrogens is 236 g/mol. The topological polar surface area (TPSA) is 54.4 Å². The predicted molar refractivity (Wildman–Crippen MR) is 68.8 cm³/mol. The summed E-state index contributed by atoms with van der Waals surface area (Å²) in [6.07, 6.45) is 1.76. The molecule has 0 aliphatic heterocycles. The van der Waals surface area contributed by atoms with E-state index in [0.29, 0.717) is 5.75 Å². The molecule has 5 heteroatoms. The van der Waals surface area contributed by atoms with Crippen LogP contribution in [-0.2, 0) is 0 Å². The van der Waals surface area contributed by atoms with E-state index in [4.69, 9.17) is 4.74 Å². The second kappa shape index (κ2) is 5.05. The van der Waals surface area contributed by atoms with Crippen molar-refractivity contribution in [3.05, 3.63) is 35.3 Å². The normalized spacial score (nSPS) is 12.1. The number of hydrogen-bond donors (Lipinski definition) is 2. The number of aromatic nitrogens is 1. The van der Waals surface area contributed by atoms with Gasteiger partial charge in [-0.15, -0.1) is 11.3 Å². The highest BCUT2D eigenvalue weighted by Crippen LogP contribution is 2.30. The summed E-state index contributed by atoms with van der Waals surface area (Å²) in [6.45, 7) is 2.03. The van der Waals surface area contributed by atoms with Gasteiger partial charge in [-0.1, -0.05) is 6.07 Å². The molecule has 0 spiro atoms. The minimum atomic E-state index is 0.107. The van der Waals surface area contributed by atoms with E-state index in [0.717, 1.165) is 10.7 Å². The minimum absolute atomic E-state index is 0.107. The van der Waals surface area contributed by atoms with E-state index >= 15 is 0 Å². The molecule has 90 valence electrons. The lowest BCUT2D eigenvalue weighted by Gasteiger charge is -2.14. The molecule has 0 aliphatic carbocycles. The third-order valence-electron chi connectivity index (χ3n) is 2.48. The molecule has 1 heterocycles. The van der Waals surface area contributed by atoms with Crippen molar-refractivity contribution < 1.29 is 9.84 Å². The summed E-state index contributed by atoms with van der Waals surface area (Å²) < 4.78 is 5.08. The van der Waals surface area contributed by atoms with Gasteiger partial charge in [0.1, 0.15) is 0 Å². The number of nitrogens with zero attached hydrogens (tertiary/aromatic N) is 1. The number of nitrogens with one attached hydrogen (secondary N) is 1. The van der Waals surface area contributed by atoms with Crippen molar-refractivity contribution in [3.63, 3.8) is 0 Å². The summed E-state index contributed by atoms with van der Waals surface area (Å²) in [5, 5.41) is 15.6. The minimum Gasteiger partial charge on any atom is -0.504 e. The predicted octanol–water partition coefficient (Wildman–Crippen LogP) is 3.03. The average Bonchev–Trinajstić information content (AvgIpc) is 2.82.